The van der Waals surface area contributed by atoms with Crippen LogP contribution in [0, 0.1) is 5.92 Å². The lowest BCUT2D eigenvalue weighted by atomic mass is 10.1. The number of ether oxygens (including phenoxy) is 1. The van der Waals surface area contributed by atoms with E-state index in [2.05, 4.69) is 5.32 Å². The normalized spacial score (nSPS) is 16.2. The van der Waals surface area contributed by atoms with Crippen molar-refractivity contribution in [2.45, 2.75) is 6.42 Å². The molecule has 1 aliphatic heterocycles. The minimum Gasteiger partial charge on any atom is -0.455 e. The van der Waals surface area contributed by atoms with Crippen LogP contribution in [-0.2, 0) is 19.1 Å². The van der Waals surface area contributed by atoms with Gasteiger partial charge in [0.1, 0.15) is 0 Å². The lowest BCUT2D eigenvalue weighted by Crippen LogP contribution is -2.28. The van der Waals surface area contributed by atoms with Gasteiger partial charge in [-0.05, 0) is 36.4 Å². The average Bonchev–Trinajstić information content (AvgIpc) is 3.00. The molecule has 2 amide bonds. The molecule has 6 nitrogen and oxygen atoms in total. The van der Waals surface area contributed by atoms with Gasteiger partial charge < -0.3 is 15.0 Å². The van der Waals surface area contributed by atoms with E-state index < -0.39 is 24.4 Å². The molecular formula is C19H15Cl3N2O4. The van der Waals surface area contributed by atoms with Crippen LogP contribution in [0.2, 0.25) is 15.1 Å². The van der Waals surface area contributed by atoms with Crippen molar-refractivity contribution < 1.29 is 19.1 Å². The number of hydrogen-bond acceptors (Lipinski definition) is 4. The topological polar surface area (TPSA) is 75.7 Å². The third kappa shape index (κ3) is 5.16. The Kier molecular flexibility index (Phi) is 6.44. The van der Waals surface area contributed by atoms with Gasteiger partial charge in [-0.15, -0.1) is 0 Å². The average molecular weight is 442 g/mol. The van der Waals surface area contributed by atoms with Gasteiger partial charge in [-0.3, -0.25) is 14.4 Å². The third-order valence-electron chi connectivity index (χ3n) is 4.07. The lowest BCUT2D eigenvalue weighted by molar-refractivity contribution is -0.151. The molecular weight excluding hydrogens is 427 g/mol. The first-order valence-corrected chi connectivity index (χ1v) is 9.44. The molecule has 3 rings (SSSR count). The maximum atomic E-state index is 12.3. The van der Waals surface area contributed by atoms with Crippen molar-refractivity contribution in [3.63, 3.8) is 0 Å². The smallest absolute Gasteiger partial charge is 0.311 e. The van der Waals surface area contributed by atoms with Gasteiger partial charge in [-0.1, -0.05) is 40.9 Å². The first-order chi connectivity index (χ1) is 13.3. The molecule has 0 radical (unpaired) electrons. The molecule has 0 unspecified atom stereocenters. The summed E-state index contributed by atoms with van der Waals surface area (Å²) in [6, 6.07) is 11.4. The van der Waals surface area contributed by atoms with E-state index in [0.717, 1.165) is 0 Å². The lowest BCUT2D eigenvalue weighted by Gasteiger charge is -2.16. The highest BCUT2D eigenvalue weighted by atomic mass is 35.5. The molecule has 0 spiro atoms. The molecule has 0 saturated carbocycles. The van der Waals surface area contributed by atoms with Crippen LogP contribution < -0.4 is 10.2 Å². The highest BCUT2D eigenvalue weighted by Gasteiger charge is 2.36. The summed E-state index contributed by atoms with van der Waals surface area (Å²) in [5.74, 6) is -2.01. The molecule has 1 N–H and O–H groups in total. The maximum absolute atomic E-state index is 12.3. The fourth-order valence-electron chi connectivity index (χ4n) is 2.84. The Hall–Kier alpha value is -2.28. The molecule has 1 saturated heterocycles. The number of carbonyl (C=O) groups excluding carboxylic acids is 3. The van der Waals surface area contributed by atoms with E-state index in [1.165, 1.54) is 23.1 Å². The summed E-state index contributed by atoms with van der Waals surface area (Å²) < 4.78 is 5.05. The van der Waals surface area contributed by atoms with Crippen LogP contribution in [0.25, 0.3) is 0 Å². The summed E-state index contributed by atoms with van der Waals surface area (Å²) in [5, 5.41) is 3.77. The van der Waals surface area contributed by atoms with Crippen LogP contribution in [0.1, 0.15) is 6.42 Å². The molecule has 0 bridgehead atoms. The standard InChI is InChI=1S/C19H15Cl3N2O4/c20-12-2-1-3-16(8-12)24-9-11(4-18(24)26)19(27)28-10-17(25)23-15-6-13(21)5-14(22)7-15/h1-3,5-8,11H,4,9-10H2,(H,23,25)/t11-/m0/s1. The predicted molar refractivity (Wildman–Crippen MR) is 108 cm³/mol. The second kappa shape index (κ2) is 8.82. The van der Waals surface area contributed by atoms with Gasteiger partial charge in [-0.2, -0.15) is 0 Å². The fourth-order valence-corrected chi connectivity index (χ4v) is 3.55. The van der Waals surface area contributed by atoms with Gasteiger partial charge in [0, 0.05) is 39.4 Å². The molecule has 1 fully saturated rings. The van der Waals surface area contributed by atoms with E-state index in [9.17, 15) is 14.4 Å². The van der Waals surface area contributed by atoms with Crippen molar-refractivity contribution in [2.75, 3.05) is 23.4 Å². The molecule has 146 valence electrons. The van der Waals surface area contributed by atoms with Crippen molar-refractivity contribution in [3.05, 3.63) is 57.5 Å². The van der Waals surface area contributed by atoms with E-state index >= 15 is 0 Å². The summed E-state index contributed by atoms with van der Waals surface area (Å²) in [4.78, 5) is 37.9. The largest absolute Gasteiger partial charge is 0.455 e. The summed E-state index contributed by atoms with van der Waals surface area (Å²) in [7, 11) is 0. The van der Waals surface area contributed by atoms with Crippen molar-refractivity contribution in [1.82, 2.24) is 0 Å². The number of benzene rings is 2. The van der Waals surface area contributed by atoms with Crippen molar-refractivity contribution in [1.29, 1.82) is 0 Å². The molecule has 2 aromatic carbocycles. The van der Waals surface area contributed by atoms with Crippen LogP contribution >= 0.6 is 34.8 Å². The number of anilines is 2. The van der Waals surface area contributed by atoms with Crippen LogP contribution in [0.5, 0.6) is 0 Å². The van der Waals surface area contributed by atoms with Crippen LogP contribution in [0.3, 0.4) is 0 Å². The number of carbonyl (C=O) groups is 3. The number of hydrogen-bond donors (Lipinski definition) is 1. The van der Waals surface area contributed by atoms with Crippen LogP contribution in [-0.4, -0.2) is 30.9 Å². The molecule has 0 aliphatic carbocycles. The van der Waals surface area contributed by atoms with E-state index in [-0.39, 0.29) is 18.9 Å². The quantitative estimate of drug-likeness (QED) is 0.706. The Morgan fingerprint density at radius 2 is 1.79 bits per heavy atom. The Bertz CT molecular complexity index is 915. The summed E-state index contributed by atoms with van der Waals surface area (Å²) in [6.07, 6.45) is 0.0108. The molecule has 1 heterocycles. The van der Waals surface area contributed by atoms with Gasteiger partial charge in [0.05, 0.1) is 5.92 Å². The first kappa shape index (κ1) is 20.5. The number of rotatable bonds is 5. The molecule has 1 aliphatic rings. The molecule has 0 aromatic heterocycles. The van der Waals surface area contributed by atoms with Gasteiger partial charge in [0.15, 0.2) is 6.61 Å². The molecule has 1 atom stereocenters. The van der Waals surface area contributed by atoms with E-state index in [4.69, 9.17) is 39.5 Å². The number of amides is 2. The van der Waals surface area contributed by atoms with E-state index in [1.54, 1.807) is 24.3 Å². The van der Waals surface area contributed by atoms with Crippen molar-refractivity contribution in [2.24, 2.45) is 5.92 Å². The third-order valence-corrected chi connectivity index (χ3v) is 4.74. The van der Waals surface area contributed by atoms with Crippen LogP contribution in [0.15, 0.2) is 42.5 Å². The van der Waals surface area contributed by atoms with Crippen molar-refractivity contribution >= 4 is 64.0 Å². The first-order valence-electron chi connectivity index (χ1n) is 8.30. The zero-order valence-electron chi connectivity index (χ0n) is 14.5. The SMILES string of the molecule is O=C(COC(=O)[C@H]1CC(=O)N(c2cccc(Cl)c2)C1)Nc1cc(Cl)cc(Cl)c1. The number of nitrogens with zero attached hydrogens (tertiary/aromatic N) is 1. The highest BCUT2D eigenvalue weighted by molar-refractivity contribution is 6.35. The summed E-state index contributed by atoms with van der Waals surface area (Å²) in [5.41, 5.74) is 1.00. The Morgan fingerprint density at radius 3 is 2.46 bits per heavy atom. The fraction of sp³-hybridized carbons (Fsp3) is 0.211. The van der Waals surface area contributed by atoms with Gasteiger partial charge >= 0.3 is 5.97 Å². The van der Waals surface area contributed by atoms with E-state index in [1.807, 2.05) is 0 Å². The Labute approximate surface area is 176 Å². The predicted octanol–water partition coefficient (Wildman–Crippen LogP) is 4.18. The molecule has 2 aromatic rings. The monoisotopic (exact) mass is 440 g/mol. The highest BCUT2D eigenvalue weighted by Crippen LogP contribution is 2.28. The maximum Gasteiger partial charge on any atom is 0.311 e. The minimum absolute atomic E-state index is 0.0108. The summed E-state index contributed by atoms with van der Waals surface area (Å²) >= 11 is 17.7. The molecule has 9 heteroatoms. The van der Waals surface area contributed by atoms with Gasteiger partial charge in [-0.25, -0.2) is 0 Å². The zero-order valence-corrected chi connectivity index (χ0v) is 16.7. The van der Waals surface area contributed by atoms with Gasteiger partial charge in [0.2, 0.25) is 5.91 Å². The minimum atomic E-state index is -0.653. The van der Waals surface area contributed by atoms with Crippen LogP contribution in [0.4, 0.5) is 11.4 Å². The second-order valence-electron chi connectivity index (χ2n) is 6.20. The van der Waals surface area contributed by atoms with Gasteiger partial charge in [0.25, 0.3) is 5.91 Å². The zero-order chi connectivity index (χ0) is 20.3. The molecule has 28 heavy (non-hydrogen) atoms. The van der Waals surface area contributed by atoms with Crippen molar-refractivity contribution in [3.8, 4) is 0 Å². The number of nitrogens with one attached hydrogen (secondary N) is 1. The second-order valence-corrected chi connectivity index (χ2v) is 7.51. The number of halogens is 3. The van der Waals surface area contributed by atoms with E-state index in [0.29, 0.717) is 26.4 Å². The Morgan fingerprint density at radius 1 is 1.07 bits per heavy atom. The number of esters is 1. The Balaban J connectivity index is 1.53. The summed E-state index contributed by atoms with van der Waals surface area (Å²) in [6.45, 7) is -0.311.